The van der Waals surface area contributed by atoms with Crippen LogP contribution < -0.4 is 4.74 Å². The van der Waals surface area contributed by atoms with Gasteiger partial charge in [0.15, 0.2) is 5.82 Å². The maximum atomic E-state index is 13.7. The van der Waals surface area contributed by atoms with Crippen molar-refractivity contribution in [1.82, 2.24) is 19.4 Å². The average Bonchev–Trinajstić information content (AvgIpc) is 3.27. The first kappa shape index (κ1) is 21.4. The molecule has 3 heterocycles. The van der Waals surface area contributed by atoms with Crippen LogP contribution in [0.5, 0.6) is 5.75 Å². The molecule has 31 heavy (non-hydrogen) atoms. The lowest BCUT2D eigenvalue weighted by atomic mass is 9.94. The first-order valence-corrected chi connectivity index (χ1v) is 11.5. The van der Waals surface area contributed by atoms with E-state index in [-0.39, 0.29) is 16.6 Å². The fourth-order valence-corrected chi connectivity index (χ4v) is 5.49. The van der Waals surface area contributed by atoms with Gasteiger partial charge in [0.25, 0.3) is 5.89 Å². The third-order valence-corrected chi connectivity index (χ3v) is 7.26. The molecule has 1 saturated heterocycles. The largest absolute Gasteiger partial charge is 0.495 e. The van der Waals surface area contributed by atoms with Gasteiger partial charge in [0, 0.05) is 31.9 Å². The molecule has 1 aliphatic heterocycles. The van der Waals surface area contributed by atoms with Crippen molar-refractivity contribution < 1.29 is 22.1 Å². The van der Waals surface area contributed by atoms with Crippen LogP contribution in [0.1, 0.15) is 25.1 Å². The van der Waals surface area contributed by atoms with Crippen LogP contribution in [0.15, 0.2) is 52.1 Å². The Hall–Kier alpha value is -2.85. The number of piperidine rings is 1. The van der Waals surface area contributed by atoms with Crippen molar-refractivity contribution in [2.75, 3.05) is 20.2 Å². The maximum absolute atomic E-state index is 13.7. The molecule has 3 aromatic rings. The van der Waals surface area contributed by atoms with Crippen molar-refractivity contribution in [3.8, 4) is 17.2 Å². The van der Waals surface area contributed by atoms with E-state index < -0.39 is 15.8 Å². The first-order valence-electron chi connectivity index (χ1n) is 10.0. The highest BCUT2D eigenvalue weighted by Gasteiger charge is 2.32. The van der Waals surface area contributed by atoms with E-state index in [9.17, 15) is 12.8 Å². The smallest absolute Gasteiger partial charge is 0.259 e. The number of hydrogen-bond donors (Lipinski definition) is 0. The maximum Gasteiger partial charge on any atom is 0.259 e. The van der Waals surface area contributed by atoms with Crippen molar-refractivity contribution >= 4 is 10.0 Å². The van der Waals surface area contributed by atoms with E-state index in [0.717, 1.165) is 30.9 Å². The molecule has 0 amide bonds. The molecule has 4 rings (SSSR count). The van der Waals surface area contributed by atoms with Gasteiger partial charge in [0.05, 0.1) is 12.7 Å². The van der Waals surface area contributed by atoms with Gasteiger partial charge in [-0.05, 0) is 55.5 Å². The number of nitrogens with zero attached hydrogens (tertiary/aromatic N) is 4. The van der Waals surface area contributed by atoms with E-state index in [0.29, 0.717) is 31.2 Å². The van der Waals surface area contributed by atoms with Crippen LogP contribution in [-0.4, -0.2) is 48.0 Å². The molecule has 0 N–H and O–H groups in total. The molecule has 8 nitrogen and oxygen atoms in total. The summed E-state index contributed by atoms with van der Waals surface area (Å²) in [5.74, 6) is 0.649. The predicted molar refractivity (Wildman–Crippen MR) is 110 cm³/mol. The minimum atomic E-state index is -3.86. The molecule has 164 valence electrons. The highest BCUT2D eigenvalue weighted by molar-refractivity contribution is 7.89. The van der Waals surface area contributed by atoms with E-state index in [2.05, 4.69) is 15.1 Å². The molecule has 1 fully saturated rings. The van der Waals surface area contributed by atoms with E-state index in [1.807, 2.05) is 6.07 Å². The van der Waals surface area contributed by atoms with E-state index >= 15 is 0 Å². The zero-order valence-electron chi connectivity index (χ0n) is 17.1. The van der Waals surface area contributed by atoms with Gasteiger partial charge in [-0.2, -0.15) is 9.29 Å². The van der Waals surface area contributed by atoms with Crippen LogP contribution in [0, 0.1) is 11.7 Å². The Bertz CT molecular complexity index is 1140. The number of halogens is 1. The molecular formula is C21H23FN4O4S. The number of ether oxygens (including phenoxy) is 1. The number of rotatable bonds is 7. The summed E-state index contributed by atoms with van der Waals surface area (Å²) >= 11 is 0. The summed E-state index contributed by atoms with van der Waals surface area (Å²) in [6, 6.07) is 7.16. The van der Waals surface area contributed by atoms with Crippen molar-refractivity contribution in [3.63, 3.8) is 0 Å². The summed E-state index contributed by atoms with van der Waals surface area (Å²) in [7, 11) is -2.49. The standard InChI is InChI=1S/C21H23FN4O4S/c1-29-18-8-7-17(22)12-19(18)31(27,28)26-11-3-4-15(14-26)6-9-20-24-21(30-25-20)16-5-2-10-23-13-16/h2,5,7-8,10,12-13,15H,3-4,6,9,11,14H2,1H3. The lowest BCUT2D eigenvalue weighted by Crippen LogP contribution is -2.40. The number of pyridine rings is 1. The molecule has 0 bridgehead atoms. The van der Waals surface area contributed by atoms with E-state index in [4.69, 9.17) is 9.26 Å². The molecule has 10 heteroatoms. The summed E-state index contributed by atoms with van der Waals surface area (Å²) in [5.41, 5.74) is 0.750. The fourth-order valence-electron chi connectivity index (χ4n) is 3.77. The number of benzene rings is 1. The van der Waals surface area contributed by atoms with Gasteiger partial charge in [0.2, 0.25) is 10.0 Å². The van der Waals surface area contributed by atoms with Gasteiger partial charge >= 0.3 is 0 Å². The fraction of sp³-hybridized carbons (Fsp3) is 0.381. The topological polar surface area (TPSA) is 98.4 Å². The van der Waals surface area contributed by atoms with Crippen LogP contribution in [0.3, 0.4) is 0 Å². The molecular weight excluding hydrogens is 423 g/mol. The van der Waals surface area contributed by atoms with Gasteiger partial charge in [-0.1, -0.05) is 5.16 Å². The molecule has 1 atom stereocenters. The van der Waals surface area contributed by atoms with Crippen molar-refractivity contribution in [1.29, 1.82) is 0 Å². The zero-order valence-corrected chi connectivity index (χ0v) is 17.9. The van der Waals surface area contributed by atoms with Crippen LogP contribution in [0.25, 0.3) is 11.5 Å². The van der Waals surface area contributed by atoms with Crippen LogP contribution >= 0.6 is 0 Å². The average molecular weight is 447 g/mol. The third-order valence-electron chi connectivity index (χ3n) is 5.38. The summed E-state index contributed by atoms with van der Waals surface area (Å²) in [5, 5.41) is 4.02. The summed E-state index contributed by atoms with van der Waals surface area (Å²) in [4.78, 5) is 8.30. The van der Waals surface area contributed by atoms with Gasteiger partial charge < -0.3 is 9.26 Å². The van der Waals surface area contributed by atoms with Gasteiger partial charge in [0.1, 0.15) is 16.5 Å². The number of aryl methyl sites for hydroxylation is 1. The minimum absolute atomic E-state index is 0.137. The molecule has 1 aliphatic rings. The Morgan fingerprint density at radius 1 is 1.32 bits per heavy atom. The Balaban J connectivity index is 1.42. The second-order valence-corrected chi connectivity index (χ2v) is 9.37. The number of aromatic nitrogens is 3. The van der Waals surface area contributed by atoms with Gasteiger partial charge in [-0.25, -0.2) is 12.8 Å². The highest BCUT2D eigenvalue weighted by Crippen LogP contribution is 2.31. The lowest BCUT2D eigenvalue weighted by molar-refractivity contribution is 0.254. The Morgan fingerprint density at radius 2 is 2.19 bits per heavy atom. The van der Waals surface area contributed by atoms with Crippen molar-refractivity contribution in [2.24, 2.45) is 5.92 Å². The summed E-state index contributed by atoms with van der Waals surface area (Å²) in [6.07, 6.45) is 6.25. The second kappa shape index (κ2) is 9.11. The molecule has 1 aromatic carbocycles. The molecule has 0 aliphatic carbocycles. The second-order valence-electron chi connectivity index (χ2n) is 7.46. The Labute approximate surface area is 180 Å². The quantitative estimate of drug-likeness (QED) is 0.549. The molecule has 0 saturated carbocycles. The van der Waals surface area contributed by atoms with Crippen LogP contribution in [-0.2, 0) is 16.4 Å². The molecule has 1 unspecified atom stereocenters. The summed E-state index contributed by atoms with van der Waals surface area (Å²) < 4.78 is 51.9. The Morgan fingerprint density at radius 3 is 2.97 bits per heavy atom. The van der Waals surface area contributed by atoms with Crippen LogP contribution in [0.2, 0.25) is 0 Å². The van der Waals surface area contributed by atoms with Crippen molar-refractivity contribution in [3.05, 3.63) is 54.4 Å². The predicted octanol–water partition coefficient (Wildman–Crippen LogP) is 3.31. The SMILES string of the molecule is COc1ccc(F)cc1S(=O)(=O)N1CCCC(CCc2noc(-c3cccnc3)n2)C1. The normalized spacial score (nSPS) is 17.5. The van der Waals surface area contributed by atoms with Gasteiger partial charge in [-0.3, -0.25) is 4.98 Å². The Kier molecular flexibility index (Phi) is 6.28. The number of methoxy groups -OCH3 is 1. The molecule has 0 radical (unpaired) electrons. The number of sulfonamides is 1. The van der Waals surface area contributed by atoms with Crippen LogP contribution in [0.4, 0.5) is 4.39 Å². The number of hydrogen-bond acceptors (Lipinski definition) is 7. The lowest BCUT2D eigenvalue weighted by Gasteiger charge is -2.32. The molecule has 0 spiro atoms. The highest BCUT2D eigenvalue weighted by atomic mass is 32.2. The van der Waals surface area contributed by atoms with E-state index in [1.165, 1.54) is 23.5 Å². The monoisotopic (exact) mass is 446 g/mol. The van der Waals surface area contributed by atoms with Gasteiger partial charge in [-0.15, -0.1) is 0 Å². The van der Waals surface area contributed by atoms with E-state index in [1.54, 1.807) is 18.5 Å². The van der Waals surface area contributed by atoms with Crippen molar-refractivity contribution in [2.45, 2.75) is 30.6 Å². The molecule has 2 aromatic heterocycles. The first-order chi connectivity index (χ1) is 15.0. The third kappa shape index (κ3) is 4.75. The zero-order chi connectivity index (χ0) is 21.8. The summed E-state index contributed by atoms with van der Waals surface area (Å²) in [6.45, 7) is 0.751. The minimum Gasteiger partial charge on any atom is -0.495 e.